The molecule has 0 aliphatic rings. The van der Waals surface area contributed by atoms with E-state index < -0.39 is 0 Å². The first-order valence-electron chi connectivity index (χ1n) is 3.61. The molecule has 0 saturated heterocycles. The summed E-state index contributed by atoms with van der Waals surface area (Å²) in [5, 5.41) is 0. The lowest BCUT2D eigenvalue weighted by Crippen LogP contribution is -2.06. The number of ketones is 1. The highest BCUT2D eigenvalue weighted by Crippen LogP contribution is 2.20. The molecule has 0 radical (unpaired) electrons. The van der Waals surface area contributed by atoms with Crippen LogP contribution < -0.4 is 0 Å². The molecule has 0 aromatic rings. The Balaban J connectivity index is 4.13. The van der Waals surface area contributed by atoms with Crippen molar-refractivity contribution >= 4 is 5.78 Å². The first kappa shape index (κ1) is 9.97. The summed E-state index contributed by atoms with van der Waals surface area (Å²) in [6.07, 6.45) is 9.24. The van der Waals surface area contributed by atoms with Crippen LogP contribution in [0.2, 0.25) is 0 Å². The average Bonchev–Trinajstić information content (AvgIpc) is 1.84. The van der Waals surface area contributed by atoms with Crippen molar-refractivity contribution in [3.8, 4) is 12.3 Å². The Morgan fingerprint density at radius 2 is 2.18 bits per heavy atom. The van der Waals surface area contributed by atoms with E-state index in [1.54, 1.807) is 6.08 Å². The van der Waals surface area contributed by atoms with Crippen LogP contribution in [0, 0.1) is 17.8 Å². The van der Waals surface area contributed by atoms with E-state index in [1.165, 1.54) is 6.92 Å². The van der Waals surface area contributed by atoms with Crippen molar-refractivity contribution in [1.29, 1.82) is 0 Å². The lowest BCUT2D eigenvalue weighted by molar-refractivity contribution is -0.112. The maximum atomic E-state index is 10.6. The highest BCUT2D eigenvalue weighted by atomic mass is 16.1. The van der Waals surface area contributed by atoms with Gasteiger partial charge in [0, 0.05) is 6.42 Å². The molecule has 0 rings (SSSR count). The Kier molecular flexibility index (Phi) is 3.60. The minimum absolute atomic E-state index is 0.0551. The van der Waals surface area contributed by atoms with Gasteiger partial charge in [-0.3, -0.25) is 4.79 Å². The van der Waals surface area contributed by atoms with Crippen molar-refractivity contribution in [3.63, 3.8) is 0 Å². The van der Waals surface area contributed by atoms with E-state index >= 15 is 0 Å². The fourth-order valence-corrected chi connectivity index (χ4v) is 0.665. The zero-order valence-electron chi connectivity index (χ0n) is 7.35. The molecule has 0 atom stereocenters. The molecule has 0 N–H and O–H groups in total. The van der Waals surface area contributed by atoms with E-state index in [2.05, 4.69) is 5.92 Å². The summed E-state index contributed by atoms with van der Waals surface area (Å²) in [6.45, 7) is 5.54. The van der Waals surface area contributed by atoms with Crippen molar-refractivity contribution in [3.05, 3.63) is 12.2 Å². The number of hydrogen-bond donors (Lipinski definition) is 0. The van der Waals surface area contributed by atoms with Crippen molar-refractivity contribution in [2.24, 2.45) is 5.41 Å². The Bertz CT molecular complexity index is 203. The molecule has 60 valence electrons. The third kappa shape index (κ3) is 5.42. The number of rotatable bonds is 3. The summed E-state index contributed by atoms with van der Waals surface area (Å²) < 4.78 is 0. The maximum Gasteiger partial charge on any atom is 0.152 e. The molecule has 0 aromatic carbocycles. The Hall–Kier alpha value is -1.03. The molecule has 0 spiro atoms. The Labute approximate surface area is 68.5 Å². The summed E-state index contributed by atoms with van der Waals surface area (Å²) in [4.78, 5) is 10.6. The van der Waals surface area contributed by atoms with E-state index in [9.17, 15) is 4.79 Å². The third-order valence-corrected chi connectivity index (χ3v) is 1.33. The molecule has 0 aliphatic heterocycles. The molecule has 0 bridgehead atoms. The highest BCUT2D eigenvalue weighted by Gasteiger charge is 2.11. The first-order valence-corrected chi connectivity index (χ1v) is 3.61. The van der Waals surface area contributed by atoms with Gasteiger partial charge in [-0.05, 0) is 18.4 Å². The second-order valence-electron chi connectivity index (χ2n) is 3.31. The lowest BCUT2D eigenvalue weighted by atomic mass is 9.89. The predicted molar refractivity (Wildman–Crippen MR) is 47.1 cm³/mol. The van der Waals surface area contributed by atoms with Gasteiger partial charge < -0.3 is 0 Å². The predicted octanol–water partition coefficient (Wildman–Crippen LogP) is 2.18. The van der Waals surface area contributed by atoms with E-state index in [0.29, 0.717) is 6.42 Å². The van der Waals surface area contributed by atoms with Gasteiger partial charge in [0.1, 0.15) is 0 Å². The number of terminal acetylenes is 1. The van der Waals surface area contributed by atoms with Crippen molar-refractivity contribution in [2.75, 3.05) is 0 Å². The smallest absolute Gasteiger partial charge is 0.152 e. The first-order chi connectivity index (χ1) is 4.98. The molecular formula is C10H14O. The van der Waals surface area contributed by atoms with Crippen LogP contribution in [0.15, 0.2) is 12.2 Å². The molecule has 0 fully saturated rings. The van der Waals surface area contributed by atoms with Gasteiger partial charge in [-0.2, -0.15) is 0 Å². The molecule has 0 aliphatic carbocycles. The Morgan fingerprint density at radius 3 is 2.55 bits per heavy atom. The molecule has 0 amide bonds. The molecule has 1 heteroatoms. The number of carbonyl (C=O) groups is 1. The van der Waals surface area contributed by atoms with Crippen LogP contribution in [0.4, 0.5) is 0 Å². The second-order valence-corrected chi connectivity index (χ2v) is 3.31. The van der Waals surface area contributed by atoms with Gasteiger partial charge in [0.2, 0.25) is 0 Å². The third-order valence-electron chi connectivity index (χ3n) is 1.33. The number of allylic oxidation sites excluding steroid dienone is 2. The molecule has 0 aromatic heterocycles. The summed E-state index contributed by atoms with van der Waals surface area (Å²) >= 11 is 0. The standard InChI is InChI=1S/C10H14O/c1-5-7-10(3,4)8-6-9(2)11/h1,6,8H,7H2,2-4H3/b8-6+. The van der Waals surface area contributed by atoms with Crippen LogP contribution in [-0.2, 0) is 4.79 Å². The quantitative estimate of drug-likeness (QED) is 0.445. The maximum absolute atomic E-state index is 10.6. The van der Waals surface area contributed by atoms with E-state index in [-0.39, 0.29) is 11.2 Å². The monoisotopic (exact) mass is 150 g/mol. The summed E-state index contributed by atoms with van der Waals surface area (Å²) in [5.74, 6) is 2.63. The van der Waals surface area contributed by atoms with Crippen LogP contribution in [0.1, 0.15) is 27.2 Å². The van der Waals surface area contributed by atoms with Gasteiger partial charge >= 0.3 is 0 Å². The summed E-state index contributed by atoms with van der Waals surface area (Å²) in [7, 11) is 0. The molecule has 0 saturated carbocycles. The van der Waals surface area contributed by atoms with Crippen molar-refractivity contribution < 1.29 is 4.79 Å². The minimum Gasteiger partial charge on any atom is -0.295 e. The largest absolute Gasteiger partial charge is 0.295 e. The zero-order valence-corrected chi connectivity index (χ0v) is 7.35. The molecule has 1 nitrogen and oxygen atoms in total. The summed E-state index contributed by atoms with van der Waals surface area (Å²) in [6, 6.07) is 0. The van der Waals surface area contributed by atoms with Crippen LogP contribution >= 0.6 is 0 Å². The van der Waals surface area contributed by atoms with Crippen LogP contribution in [-0.4, -0.2) is 5.78 Å². The molecular weight excluding hydrogens is 136 g/mol. The molecule has 0 heterocycles. The van der Waals surface area contributed by atoms with Crippen molar-refractivity contribution in [2.45, 2.75) is 27.2 Å². The number of carbonyl (C=O) groups excluding carboxylic acids is 1. The average molecular weight is 150 g/mol. The fraction of sp³-hybridized carbons (Fsp3) is 0.500. The normalized spacial score (nSPS) is 11.5. The van der Waals surface area contributed by atoms with Gasteiger partial charge in [-0.1, -0.05) is 19.9 Å². The second kappa shape index (κ2) is 3.98. The van der Waals surface area contributed by atoms with E-state index in [4.69, 9.17) is 6.42 Å². The van der Waals surface area contributed by atoms with Gasteiger partial charge in [0.05, 0.1) is 0 Å². The summed E-state index contributed by atoms with van der Waals surface area (Å²) in [5.41, 5.74) is -0.0551. The Morgan fingerprint density at radius 1 is 1.64 bits per heavy atom. The van der Waals surface area contributed by atoms with Crippen LogP contribution in [0.25, 0.3) is 0 Å². The topological polar surface area (TPSA) is 17.1 Å². The number of hydrogen-bond acceptors (Lipinski definition) is 1. The fourth-order valence-electron chi connectivity index (χ4n) is 0.665. The van der Waals surface area contributed by atoms with Crippen molar-refractivity contribution in [1.82, 2.24) is 0 Å². The van der Waals surface area contributed by atoms with E-state index in [1.807, 2.05) is 19.9 Å². The highest BCUT2D eigenvalue weighted by molar-refractivity contribution is 5.87. The van der Waals surface area contributed by atoms with E-state index in [0.717, 1.165) is 0 Å². The van der Waals surface area contributed by atoms with Gasteiger partial charge in [-0.15, -0.1) is 12.3 Å². The van der Waals surface area contributed by atoms with Crippen LogP contribution in [0.5, 0.6) is 0 Å². The molecule has 0 unspecified atom stereocenters. The SMILES string of the molecule is C#CCC(C)(C)/C=C/C(C)=O. The minimum atomic E-state index is -0.0551. The molecule has 11 heavy (non-hydrogen) atoms. The zero-order chi connectivity index (χ0) is 8.91. The lowest BCUT2D eigenvalue weighted by Gasteiger charge is -2.15. The van der Waals surface area contributed by atoms with Gasteiger partial charge in [0.15, 0.2) is 5.78 Å². The van der Waals surface area contributed by atoms with Gasteiger partial charge in [-0.25, -0.2) is 0 Å². The van der Waals surface area contributed by atoms with Gasteiger partial charge in [0.25, 0.3) is 0 Å². The van der Waals surface area contributed by atoms with Crippen LogP contribution in [0.3, 0.4) is 0 Å².